The molecule has 10 heteroatoms. The van der Waals surface area contributed by atoms with E-state index >= 15 is 0 Å². The van der Waals surface area contributed by atoms with E-state index < -0.39 is 16.4 Å². The highest BCUT2D eigenvalue weighted by Gasteiger charge is 2.16. The first-order valence-electron chi connectivity index (χ1n) is 6.88. The van der Waals surface area contributed by atoms with E-state index in [1.54, 1.807) is 0 Å². The maximum Gasteiger partial charge on any atom is 0.311 e. The van der Waals surface area contributed by atoms with Gasteiger partial charge in [0.1, 0.15) is 5.75 Å². The second kappa shape index (κ2) is 6.77. The Bertz CT molecular complexity index is 859. The fourth-order valence-electron chi connectivity index (χ4n) is 1.82. The zero-order valence-corrected chi connectivity index (χ0v) is 12.8. The molecular weight excluding hydrogens is 318 g/mol. The highest BCUT2D eigenvalue weighted by molar-refractivity contribution is 5.85. The second-order valence-corrected chi connectivity index (χ2v) is 5.20. The molecule has 2 aromatic rings. The summed E-state index contributed by atoms with van der Waals surface area (Å²) in [6.45, 7) is 3.75. The van der Waals surface area contributed by atoms with Crippen molar-refractivity contribution in [3.05, 3.63) is 49.9 Å². The number of H-pyrrole nitrogens is 1. The van der Waals surface area contributed by atoms with E-state index in [0.717, 1.165) is 18.3 Å². The van der Waals surface area contributed by atoms with Crippen molar-refractivity contribution in [1.29, 1.82) is 0 Å². The quantitative estimate of drug-likeness (QED) is 0.368. The van der Waals surface area contributed by atoms with Crippen molar-refractivity contribution in [2.24, 2.45) is 5.10 Å². The average molecular weight is 333 g/mol. The molecule has 0 atom stereocenters. The second-order valence-electron chi connectivity index (χ2n) is 5.20. The minimum Gasteiger partial charge on any atom is -0.507 e. The van der Waals surface area contributed by atoms with Crippen molar-refractivity contribution < 1.29 is 15.1 Å². The van der Waals surface area contributed by atoms with Crippen LogP contribution in [0.4, 0.5) is 11.6 Å². The summed E-state index contributed by atoms with van der Waals surface area (Å²) in [5, 5.41) is 33.6. The summed E-state index contributed by atoms with van der Waals surface area (Å²) in [4.78, 5) is 28.1. The molecule has 2 rings (SSSR count). The number of hydrogen-bond donors (Lipinski definition) is 4. The molecule has 1 aromatic heterocycles. The third kappa shape index (κ3) is 3.85. The molecule has 1 aromatic carbocycles. The fraction of sp³-hybridized carbons (Fsp3) is 0.214. The summed E-state index contributed by atoms with van der Waals surface area (Å²) in [7, 11) is 0. The Morgan fingerprint density at radius 1 is 1.33 bits per heavy atom. The Morgan fingerprint density at radius 2 is 2.04 bits per heavy atom. The molecule has 0 fully saturated rings. The highest BCUT2D eigenvalue weighted by Crippen LogP contribution is 2.31. The number of nitro groups is 1. The SMILES string of the molecule is CC(C)c1cc(=O)[nH]c(N/N=C\c2cc([N+](=O)[O-])c(O)cc2O)n1. The van der Waals surface area contributed by atoms with E-state index in [-0.39, 0.29) is 28.7 Å². The first-order valence-corrected chi connectivity index (χ1v) is 6.88. The lowest BCUT2D eigenvalue weighted by Gasteiger charge is -2.06. The van der Waals surface area contributed by atoms with E-state index in [1.165, 1.54) is 6.07 Å². The first kappa shape index (κ1) is 16.9. The maximum atomic E-state index is 11.5. The Labute approximate surface area is 135 Å². The summed E-state index contributed by atoms with van der Waals surface area (Å²) in [6, 6.07) is 3.18. The number of aromatic hydroxyl groups is 2. The Balaban J connectivity index is 2.25. The normalized spacial score (nSPS) is 11.1. The number of nitro benzene ring substituents is 1. The van der Waals surface area contributed by atoms with Crippen molar-refractivity contribution in [2.75, 3.05) is 5.43 Å². The zero-order chi connectivity index (χ0) is 17.9. The minimum absolute atomic E-state index is 0.00867. The Hall–Kier alpha value is -3.43. The summed E-state index contributed by atoms with van der Waals surface area (Å²) < 4.78 is 0. The maximum absolute atomic E-state index is 11.5. The topological polar surface area (TPSA) is 154 Å². The van der Waals surface area contributed by atoms with E-state index in [2.05, 4.69) is 20.5 Å². The van der Waals surface area contributed by atoms with E-state index in [1.807, 2.05) is 13.8 Å². The van der Waals surface area contributed by atoms with E-state index in [4.69, 9.17) is 0 Å². The number of phenols is 2. The van der Waals surface area contributed by atoms with Gasteiger partial charge in [0.25, 0.3) is 5.56 Å². The van der Waals surface area contributed by atoms with Gasteiger partial charge in [-0.15, -0.1) is 0 Å². The summed E-state index contributed by atoms with van der Waals surface area (Å²) in [6.07, 6.45) is 1.10. The molecule has 0 aliphatic rings. The van der Waals surface area contributed by atoms with Crippen LogP contribution in [0.25, 0.3) is 0 Å². The predicted octanol–water partition coefficient (Wildman–Crippen LogP) is 1.66. The number of hydrogen-bond acceptors (Lipinski definition) is 8. The van der Waals surface area contributed by atoms with Gasteiger partial charge in [-0.3, -0.25) is 19.9 Å². The third-order valence-electron chi connectivity index (χ3n) is 3.05. The summed E-state index contributed by atoms with van der Waals surface area (Å²) in [5.41, 5.74) is 2.14. The van der Waals surface area contributed by atoms with Crippen LogP contribution in [0.3, 0.4) is 0 Å². The number of hydrazone groups is 1. The number of nitrogens with one attached hydrogen (secondary N) is 2. The molecule has 24 heavy (non-hydrogen) atoms. The fourth-order valence-corrected chi connectivity index (χ4v) is 1.82. The lowest BCUT2D eigenvalue weighted by Crippen LogP contribution is -2.12. The van der Waals surface area contributed by atoms with Crippen molar-refractivity contribution >= 4 is 17.9 Å². The standard InChI is InChI=1S/C14H15N5O5/c1-7(2)9-4-13(22)17-14(16-9)18-15-6-8-3-10(19(23)24)12(21)5-11(8)20/h3-7,20-21H,1-2H3,(H2,16,17,18,22)/b15-6-. The van der Waals surface area contributed by atoms with Crippen LogP contribution in [0.1, 0.15) is 31.0 Å². The third-order valence-corrected chi connectivity index (χ3v) is 3.05. The van der Waals surface area contributed by atoms with Crippen LogP contribution in [-0.4, -0.2) is 31.3 Å². The average Bonchev–Trinajstić information content (AvgIpc) is 2.48. The van der Waals surface area contributed by atoms with Gasteiger partial charge < -0.3 is 10.2 Å². The molecule has 0 aliphatic carbocycles. The van der Waals surface area contributed by atoms with Gasteiger partial charge in [-0.25, -0.2) is 10.4 Å². The molecule has 0 amide bonds. The van der Waals surface area contributed by atoms with Crippen LogP contribution >= 0.6 is 0 Å². The largest absolute Gasteiger partial charge is 0.507 e. The number of nitrogens with zero attached hydrogens (tertiary/aromatic N) is 3. The molecule has 1 heterocycles. The first-order chi connectivity index (χ1) is 11.3. The monoisotopic (exact) mass is 333 g/mol. The molecule has 0 bridgehead atoms. The van der Waals surface area contributed by atoms with Crippen LogP contribution in [0.5, 0.6) is 11.5 Å². The van der Waals surface area contributed by atoms with Crippen molar-refractivity contribution in [3.8, 4) is 11.5 Å². The van der Waals surface area contributed by atoms with Gasteiger partial charge in [0.15, 0.2) is 5.75 Å². The molecule has 4 N–H and O–H groups in total. The van der Waals surface area contributed by atoms with Gasteiger partial charge in [-0.2, -0.15) is 5.10 Å². The number of rotatable bonds is 5. The number of benzene rings is 1. The lowest BCUT2D eigenvalue weighted by molar-refractivity contribution is -0.385. The minimum atomic E-state index is -0.787. The van der Waals surface area contributed by atoms with Gasteiger partial charge >= 0.3 is 5.69 Å². The van der Waals surface area contributed by atoms with E-state index in [0.29, 0.717) is 5.69 Å². The summed E-state index contributed by atoms with van der Waals surface area (Å²) >= 11 is 0. The number of phenolic OH excluding ortho intramolecular Hbond substituents is 2. The molecule has 0 spiro atoms. The predicted molar refractivity (Wildman–Crippen MR) is 86.6 cm³/mol. The van der Waals surface area contributed by atoms with Crippen molar-refractivity contribution in [2.45, 2.75) is 19.8 Å². The molecule has 0 saturated heterocycles. The number of anilines is 1. The molecule has 0 radical (unpaired) electrons. The molecule has 0 aliphatic heterocycles. The van der Waals surface area contributed by atoms with Crippen molar-refractivity contribution in [1.82, 2.24) is 9.97 Å². The zero-order valence-electron chi connectivity index (χ0n) is 12.8. The van der Waals surface area contributed by atoms with Crippen LogP contribution in [-0.2, 0) is 0 Å². The van der Waals surface area contributed by atoms with Gasteiger partial charge in [0.2, 0.25) is 5.95 Å². The Kier molecular flexibility index (Phi) is 4.78. The molecule has 0 unspecified atom stereocenters. The van der Waals surface area contributed by atoms with Crippen LogP contribution in [0, 0.1) is 10.1 Å². The van der Waals surface area contributed by atoms with Gasteiger partial charge in [-0.1, -0.05) is 13.8 Å². The van der Waals surface area contributed by atoms with Crippen molar-refractivity contribution in [3.63, 3.8) is 0 Å². The van der Waals surface area contributed by atoms with Gasteiger partial charge in [0.05, 0.1) is 16.8 Å². The smallest absolute Gasteiger partial charge is 0.311 e. The van der Waals surface area contributed by atoms with Gasteiger partial charge in [0, 0.05) is 23.8 Å². The van der Waals surface area contributed by atoms with Gasteiger partial charge in [-0.05, 0) is 5.92 Å². The molecule has 126 valence electrons. The molecular formula is C14H15N5O5. The molecule has 0 saturated carbocycles. The van der Waals surface area contributed by atoms with E-state index in [9.17, 15) is 25.1 Å². The number of aromatic amines is 1. The van der Waals surface area contributed by atoms with Crippen LogP contribution < -0.4 is 11.0 Å². The number of aromatic nitrogens is 2. The molecule has 10 nitrogen and oxygen atoms in total. The Morgan fingerprint density at radius 3 is 2.67 bits per heavy atom. The van der Waals surface area contributed by atoms with Crippen LogP contribution in [0.2, 0.25) is 0 Å². The summed E-state index contributed by atoms with van der Waals surface area (Å²) in [5.74, 6) is -0.907. The van der Waals surface area contributed by atoms with Crippen LogP contribution in [0.15, 0.2) is 28.1 Å². The highest BCUT2D eigenvalue weighted by atomic mass is 16.6. The lowest BCUT2D eigenvalue weighted by atomic mass is 10.1.